The molecule has 18 heavy (non-hydrogen) atoms. The molecular formula is C15H22N2S. The molecule has 0 fully saturated rings. The summed E-state index contributed by atoms with van der Waals surface area (Å²) in [5.41, 5.74) is 2.41. The molecule has 1 heterocycles. The van der Waals surface area contributed by atoms with Crippen molar-refractivity contribution in [2.75, 3.05) is 5.75 Å². The smallest absolute Gasteiger partial charge is 0.169 e. The van der Waals surface area contributed by atoms with Gasteiger partial charge in [0.1, 0.15) is 0 Å². The second kappa shape index (κ2) is 6.83. The predicted octanol–water partition coefficient (Wildman–Crippen LogP) is 4.73. The summed E-state index contributed by atoms with van der Waals surface area (Å²) in [6.07, 6.45) is 4.97. The van der Waals surface area contributed by atoms with Crippen molar-refractivity contribution in [3.05, 3.63) is 24.3 Å². The van der Waals surface area contributed by atoms with E-state index in [2.05, 4.69) is 42.7 Å². The SMILES string of the molecule is CCCCSc1nc2ccccc2n1CCCC. The van der Waals surface area contributed by atoms with Gasteiger partial charge in [0.25, 0.3) is 0 Å². The van der Waals surface area contributed by atoms with Crippen molar-refractivity contribution in [1.29, 1.82) is 0 Å². The second-order valence-corrected chi connectivity index (χ2v) is 5.65. The molecule has 0 aliphatic rings. The van der Waals surface area contributed by atoms with Crippen molar-refractivity contribution >= 4 is 22.8 Å². The lowest BCUT2D eigenvalue weighted by atomic mass is 10.3. The fourth-order valence-corrected chi connectivity index (χ4v) is 3.13. The van der Waals surface area contributed by atoms with Crippen LogP contribution in [0.25, 0.3) is 11.0 Å². The van der Waals surface area contributed by atoms with Crippen molar-refractivity contribution in [3.8, 4) is 0 Å². The number of hydrogen-bond acceptors (Lipinski definition) is 2. The molecule has 0 N–H and O–H groups in total. The minimum atomic E-state index is 1.09. The van der Waals surface area contributed by atoms with E-state index in [0.717, 1.165) is 12.1 Å². The van der Waals surface area contributed by atoms with Gasteiger partial charge in [-0.3, -0.25) is 0 Å². The zero-order valence-corrected chi connectivity index (χ0v) is 12.2. The van der Waals surface area contributed by atoms with Crippen LogP contribution in [0, 0.1) is 0 Å². The maximum atomic E-state index is 4.76. The average molecular weight is 262 g/mol. The van der Waals surface area contributed by atoms with E-state index < -0.39 is 0 Å². The van der Waals surface area contributed by atoms with Crippen LogP contribution < -0.4 is 0 Å². The van der Waals surface area contributed by atoms with Gasteiger partial charge in [0.15, 0.2) is 5.16 Å². The number of aromatic nitrogens is 2. The molecule has 0 saturated heterocycles. The predicted molar refractivity (Wildman–Crippen MR) is 80.3 cm³/mol. The average Bonchev–Trinajstić information content (AvgIpc) is 2.74. The van der Waals surface area contributed by atoms with Gasteiger partial charge in [0.05, 0.1) is 11.0 Å². The number of aryl methyl sites for hydroxylation is 1. The van der Waals surface area contributed by atoms with Gasteiger partial charge >= 0.3 is 0 Å². The first kappa shape index (κ1) is 13.5. The largest absolute Gasteiger partial charge is 0.319 e. The second-order valence-electron chi connectivity index (χ2n) is 4.59. The van der Waals surface area contributed by atoms with Gasteiger partial charge in [-0.05, 0) is 25.0 Å². The summed E-state index contributed by atoms with van der Waals surface area (Å²) in [6, 6.07) is 8.47. The minimum absolute atomic E-state index is 1.09. The van der Waals surface area contributed by atoms with Crippen LogP contribution >= 0.6 is 11.8 Å². The first-order chi connectivity index (χ1) is 8.86. The molecule has 0 spiro atoms. The Morgan fingerprint density at radius 2 is 1.89 bits per heavy atom. The normalized spacial score (nSPS) is 11.2. The molecule has 2 nitrogen and oxygen atoms in total. The zero-order valence-electron chi connectivity index (χ0n) is 11.4. The van der Waals surface area contributed by atoms with Crippen molar-refractivity contribution in [2.45, 2.75) is 51.2 Å². The van der Waals surface area contributed by atoms with Crippen LogP contribution in [0.3, 0.4) is 0 Å². The molecule has 3 heteroatoms. The summed E-state index contributed by atoms with van der Waals surface area (Å²) in [5.74, 6) is 1.17. The standard InChI is InChI=1S/C15H22N2S/c1-3-5-11-17-14-10-8-7-9-13(14)16-15(17)18-12-6-4-2/h7-10H,3-6,11-12H2,1-2H3. The Morgan fingerprint density at radius 1 is 1.11 bits per heavy atom. The van der Waals surface area contributed by atoms with Crippen LogP contribution in [0.2, 0.25) is 0 Å². The molecule has 0 radical (unpaired) electrons. The summed E-state index contributed by atoms with van der Waals surface area (Å²) >= 11 is 1.90. The molecule has 0 unspecified atom stereocenters. The molecule has 1 aromatic carbocycles. The Morgan fingerprint density at radius 3 is 2.67 bits per heavy atom. The van der Waals surface area contributed by atoms with E-state index in [9.17, 15) is 0 Å². The summed E-state index contributed by atoms with van der Waals surface area (Å²) in [7, 11) is 0. The Hall–Kier alpha value is -0.960. The Labute approximate surface area is 114 Å². The maximum absolute atomic E-state index is 4.76. The molecule has 2 rings (SSSR count). The van der Waals surface area contributed by atoms with Crippen LogP contribution in [0.4, 0.5) is 0 Å². The highest BCUT2D eigenvalue weighted by Crippen LogP contribution is 2.25. The minimum Gasteiger partial charge on any atom is -0.319 e. The topological polar surface area (TPSA) is 17.8 Å². The molecule has 0 saturated carbocycles. The van der Waals surface area contributed by atoms with E-state index in [1.807, 2.05) is 11.8 Å². The first-order valence-corrected chi connectivity index (χ1v) is 7.93. The van der Waals surface area contributed by atoms with Crippen LogP contribution in [0.15, 0.2) is 29.4 Å². The third kappa shape index (κ3) is 3.08. The monoisotopic (exact) mass is 262 g/mol. The zero-order chi connectivity index (χ0) is 12.8. The number of fused-ring (bicyclic) bond motifs is 1. The Kier molecular flexibility index (Phi) is 5.12. The third-order valence-corrected chi connectivity index (χ3v) is 4.15. The molecule has 0 aliphatic heterocycles. The highest BCUT2D eigenvalue weighted by Gasteiger charge is 2.09. The van der Waals surface area contributed by atoms with Crippen molar-refractivity contribution in [1.82, 2.24) is 9.55 Å². The number of rotatable bonds is 7. The quantitative estimate of drug-likeness (QED) is 0.530. The number of hydrogen-bond donors (Lipinski definition) is 0. The molecule has 0 atom stereocenters. The van der Waals surface area contributed by atoms with Crippen molar-refractivity contribution in [2.24, 2.45) is 0 Å². The van der Waals surface area contributed by atoms with E-state index in [1.54, 1.807) is 0 Å². The molecule has 0 aliphatic carbocycles. The Bertz CT molecular complexity index is 490. The van der Waals surface area contributed by atoms with Gasteiger partial charge in [-0.1, -0.05) is 50.6 Å². The summed E-state index contributed by atoms with van der Waals surface area (Å²) in [5, 5.41) is 1.19. The van der Waals surface area contributed by atoms with E-state index in [-0.39, 0.29) is 0 Å². The van der Waals surface area contributed by atoms with Crippen LogP contribution in [-0.4, -0.2) is 15.3 Å². The fraction of sp³-hybridized carbons (Fsp3) is 0.533. The van der Waals surface area contributed by atoms with E-state index in [1.165, 1.54) is 42.1 Å². The molecule has 98 valence electrons. The van der Waals surface area contributed by atoms with Gasteiger partial charge in [-0.2, -0.15) is 0 Å². The highest BCUT2D eigenvalue weighted by atomic mass is 32.2. The molecular weight excluding hydrogens is 240 g/mol. The van der Waals surface area contributed by atoms with Crippen LogP contribution in [0.1, 0.15) is 39.5 Å². The van der Waals surface area contributed by atoms with Gasteiger partial charge in [0.2, 0.25) is 0 Å². The van der Waals surface area contributed by atoms with E-state index in [0.29, 0.717) is 0 Å². The van der Waals surface area contributed by atoms with E-state index in [4.69, 9.17) is 4.98 Å². The molecule has 0 bridgehead atoms. The van der Waals surface area contributed by atoms with Crippen molar-refractivity contribution < 1.29 is 0 Å². The number of benzene rings is 1. The lowest BCUT2D eigenvalue weighted by molar-refractivity contribution is 0.601. The maximum Gasteiger partial charge on any atom is 0.169 e. The van der Waals surface area contributed by atoms with Gasteiger partial charge < -0.3 is 4.57 Å². The number of nitrogens with zero attached hydrogens (tertiary/aromatic N) is 2. The lowest BCUT2D eigenvalue weighted by Gasteiger charge is -2.07. The van der Waals surface area contributed by atoms with Crippen LogP contribution in [0.5, 0.6) is 0 Å². The number of thioether (sulfide) groups is 1. The van der Waals surface area contributed by atoms with Gasteiger partial charge in [-0.15, -0.1) is 0 Å². The highest BCUT2D eigenvalue weighted by molar-refractivity contribution is 7.99. The summed E-state index contributed by atoms with van der Waals surface area (Å²) in [4.78, 5) is 4.76. The van der Waals surface area contributed by atoms with E-state index >= 15 is 0 Å². The molecule has 0 amide bonds. The fourth-order valence-electron chi connectivity index (χ4n) is 2.00. The molecule has 1 aromatic heterocycles. The lowest BCUT2D eigenvalue weighted by Crippen LogP contribution is -2.00. The van der Waals surface area contributed by atoms with Gasteiger partial charge in [-0.25, -0.2) is 4.98 Å². The number of para-hydroxylation sites is 2. The molecule has 2 aromatic rings. The summed E-state index contributed by atoms with van der Waals surface area (Å²) in [6.45, 7) is 5.56. The Balaban J connectivity index is 2.25. The van der Waals surface area contributed by atoms with Crippen molar-refractivity contribution in [3.63, 3.8) is 0 Å². The number of imidazole rings is 1. The summed E-state index contributed by atoms with van der Waals surface area (Å²) < 4.78 is 2.39. The third-order valence-electron chi connectivity index (χ3n) is 3.08. The number of unbranched alkanes of at least 4 members (excludes halogenated alkanes) is 2. The first-order valence-electron chi connectivity index (χ1n) is 6.95. The van der Waals surface area contributed by atoms with Gasteiger partial charge in [0, 0.05) is 12.3 Å². The van der Waals surface area contributed by atoms with Crippen LogP contribution in [-0.2, 0) is 6.54 Å².